The van der Waals surface area contributed by atoms with Crippen LogP contribution in [0.5, 0.6) is 11.5 Å². The van der Waals surface area contributed by atoms with Crippen LogP contribution in [0.1, 0.15) is 15.9 Å². The third-order valence-corrected chi connectivity index (χ3v) is 4.07. The molecule has 0 unspecified atom stereocenters. The summed E-state index contributed by atoms with van der Waals surface area (Å²) in [6, 6.07) is 8.63. The van der Waals surface area contributed by atoms with Gasteiger partial charge in [-0.2, -0.15) is 0 Å². The summed E-state index contributed by atoms with van der Waals surface area (Å²) in [6.45, 7) is 0. The standard InChI is InChI=1S/C18H13ClFNO3/c1-23-15-7-12-14(8-16(15)24-2)21-9-13(17(12)19)18(22)10-3-5-11(20)6-4-10/h3-9H,1-2H3. The molecule has 6 heteroatoms. The minimum atomic E-state index is -0.411. The molecule has 3 aromatic rings. The third-order valence-electron chi connectivity index (χ3n) is 3.66. The van der Waals surface area contributed by atoms with Crippen LogP contribution in [0.4, 0.5) is 4.39 Å². The van der Waals surface area contributed by atoms with Gasteiger partial charge in [0.1, 0.15) is 5.82 Å². The Kier molecular flexibility index (Phi) is 4.36. The first kappa shape index (κ1) is 16.2. The number of carbonyl (C=O) groups is 1. The van der Waals surface area contributed by atoms with E-state index in [0.717, 1.165) is 0 Å². The molecular weight excluding hydrogens is 333 g/mol. The second kappa shape index (κ2) is 6.45. The number of ether oxygens (including phenoxy) is 2. The van der Waals surface area contributed by atoms with Gasteiger partial charge in [-0.25, -0.2) is 4.39 Å². The zero-order valence-corrected chi connectivity index (χ0v) is 13.7. The van der Waals surface area contributed by atoms with Gasteiger partial charge in [-0.05, 0) is 30.3 Å². The number of hydrogen-bond donors (Lipinski definition) is 0. The number of benzene rings is 2. The van der Waals surface area contributed by atoms with Crippen molar-refractivity contribution in [1.82, 2.24) is 4.98 Å². The van der Waals surface area contributed by atoms with Crippen molar-refractivity contribution in [3.05, 3.63) is 64.6 Å². The molecule has 0 saturated heterocycles. The maximum Gasteiger partial charge on any atom is 0.196 e. The Morgan fingerprint density at radius 1 is 1.08 bits per heavy atom. The number of pyridine rings is 1. The number of fused-ring (bicyclic) bond motifs is 1. The first-order chi connectivity index (χ1) is 11.5. The topological polar surface area (TPSA) is 48.4 Å². The van der Waals surface area contributed by atoms with Crippen LogP contribution in [-0.4, -0.2) is 25.0 Å². The molecule has 0 saturated carbocycles. The molecule has 0 aliphatic rings. The van der Waals surface area contributed by atoms with Crippen LogP contribution in [0, 0.1) is 5.82 Å². The first-order valence-corrected chi connectivity index (χ1v) is 7.43. The lowest BCUT2D eigenvalue weighted by atomic mass is 10.0. The van der Waals surface area contributed by atoms with Gasteiger partial charge in [0.2, 0.25) is 0 Å². The summed E-state index contributed by atoms with van der Waals surface area (Å²) in [5, 5.41) is 0.831. The van der Waals surface area contributed by atoms with E-state index in [4.69, 9.17) is 21.1 Å². The average Bonchev–Trinajstić information content (AvgIpc) is 2.61. The van der Waals surface area contributed by atoms with Crippen LogP contribution in [0.25, 0.3) is 10.9 Å². The normalized spacial score (nSPS) is 10.7. The van der Waals surface area contributed by atoms with Gasteiger partial charge in [-0.3, -0.25) is 9.78 Å². The van der Waals surface area contributed by atoms with Crippen molar-refractivity contribution in [2.24, 2.45) is 0 Å². The van der Waals surface area contributed by atoms with Crippen LogP contribution < -0.4 is 9.47 Å². The van der Waals surface area contributed by atoms with Gasteiger partial charge in [-0.15, -0.1) is 0 Å². The van der Waals surface area contributed by atoms with Crippen molar-refractivity contribution in [1.29, 1.82) is 0 Å². The predicted octanol–water partition coefficient (Wildman–Crippen LogP) is 4.28. The summed E-state index contributed by atoms with van der Waals surface area (Å²) in [5.41, 5.74) is 1.15. The smallest absolute Gasteiger partial charge is 0.196 e. The maximum absolute atomic E-state index is 13.0. The number of methoxy groups -OCH3 is 2. The summed E-state index contributed by atoms with van der Waals surface area (Å²) >= 11 is 6.41. The maximum atomic E-state index is 13.0. The van der Waals surface area contributed by atoms with Crippen molar-refractivity contribution >= 4 is 28.3 Å². The highest BCUT2D eigenvalue weighted by Gasteiger charge is 2.18. The number of hydrogen-bond acceptors (Lipinski definition) is 4. The average molecular weight is 346 g/mol. The zero-order chi connectivity index (χ0) is 17.3. The summed E-state index contributed by atoms with van der Waals surface area (Å²) in [4.78, 5) is 16.9. The third kappa shape index (κ3) is 2.78. The number of rotatable bonds is 4. The van der Waals surface area contributed by atoms with Crippen LogP contribution >= 0.6 is 11.6 Å². The fourth-order valence-corrected chi connectivity index (χ4v) is 2.69. The molecular formula is C18H13ClFNO3. The molecule has 122 valence electrons. The van der Waals surface area contributed by atoms with E-state index in [0.29, 0.717) is 28.0 Å². The lowest BCUT2D eigenvalue weighted by Gasteiger charge is -2.11. The van der Waals surface area contributed by atoms with Crippen LogP contribution in [0.2, 0.25) is 5.02 Å². The Labute approximate surface area is 142 Å². The molecule has 1 heterocycles. The number of carbonyl (C=O) groups excluding carboxylic acids is 1. The number of aromatic nitrogens is 1. The summed E-state index contributed by atoms with van der Waals surface area (Å²) in [7, 11) is 3.04. The molecule has 0 atom stereocenters. The largest absolute Gasteiger partial charge is 0.493 e. The molecule has 0 aliphatic heterocycles. The SMILES string of the molecule is COc1cc2ncc(C(=O)c3ccc(F)cc3)c(Cl)c2cc1OC. The van der Waals surface area contributed by atoms with Crippen molar-refractivity contribution in [3.8, 4) is 11.5 Å². The Bertz CT molecular complexity index is 926. The van der Waals surface area contributed by atoms with Crippen molar-refractivity contribution in [3.63, 3.8) is 0 Å². The van der Waals surface area contributed by atoms with E-state index in [9.17, 15) is 9.18 Å². The van der Waals surface area contributed by atoms with E-state index in [1.807, 2.05) is 0 Å². The Hall–Kier alpha value is -2.66. The quantitative estimate of drug-likeness (QED) is 0.662. The summed E-state index contributed by atoms with van der Waals surface area (Å²) in [6.07, 6.45) is 1.41. The second-order valence-corrected chi connectivity index (χ2v) is 5.42. The van der Waals surface area contributed by atoms with Crippen LogP contribution in [0.3, 0.4) is 0 Å². The molecule has 3 rings (SSSR count). The first-order valence-electron chi connectivity index (χ1n) is 7.05. The van der Waals surface area contributed by atoms with Gasteiger partial charge < -0.3 is 9.47 Å². The molecule has 0 bridgehead atoms. The highest BCUT2D eigenvalue weighted by atomic mass is 35.5. The fraction of sp³-hybridized carbons (Fsp3) is 0.111. The summed E-state index contributed by atoms with van der Waals surface area (Å²) < 4.78 is 23.5. The number of nitrogens with zero attached hydrogens (tertiary/aromatic N) is 1. The lowest BCUT2D eigenvalue weighted by Crippen LogP contribution is -2.04. The monoisotopic (exact) mass is 345 g/mol. The molecule has 0 radical (unpaired) electrons. The molecule has 0 amide bonds. The van der Waals surface area contributed by atoms with Gasteiger partial charge in [0.15, 0.2) is 17.3 Å². The van der Waals surface area contributed by atoms with E-state index in [1.54, 1.807) is 12.1 Å². The highest BCUT2D eigenvalue weighted by molar-refractivity contribution is 6.39. The van der Waals surface area contributed by atoms with Gasteiger partial charge in [0.05, 0.1) is 30.3 Å². The molecule has 2 aromatic carbocycles. The van der Waals surface area contributed by atoms with Gasteiger partial charge in [0, 0.05) is 23.2 Å². The van der Waals surface area contributed by atoms with E-state index in [-0.39, 0.29) is 16.4 Å². The minimum absolute atomic E-state index is 0.239. The van der Waals surface area contributed by atoms with Crippen molar-refractivity contribution in [2.45, 2.75) is 0 Å². The molecule has 0 spiro atoms. The Morgan fingerprint density at radius 2 is 1.71 bits per heavy atom. The molecule has 0 aliphatic carbocycles. The van der Waals surface area contributed by atoms with Gasteiger partial charge in [0.25, 0.3) is 0 Å². The zero-order valence-electron chi connectivity index (χ0n) is 13.0. The molecule has 0 N–H and O–H groups in total. The molecule has 1 aromatic heterocycles. The Morgan fingerprint density at radius 3 is 2.33 bits per heavy atom. The lowest BCUT2D eigenvalue weighted by molar-refractivity contribution is 0.103. The molecule has 24 heavy (non-hydrogen) atoms. The molecule has 4 nitrogen and oxygen atoms in total. The van der Waals surface area contributed by atoms with Crippen LogP contribution in [-0.2, 0) is 0 Å². The van der Waals surface area contributed by atoms with E-state index in [1.165, 1.54) is 44.7 Å². The number of ketones is 1. The number of halogens is 2. The van der Waals surface area contributed by atoms with Gasteiger partial charge in [-0.1, -0.05) is 11.6 Å². The fourth-order valence-electron chi connectivity index (χ4n) is 2.40. The van der Waals surface area contributed by atoms with E-state index >= 15 is 0 Å². The van der Waals surface area contributed by atoms with E-state index in [2.05, 4.69) is 4.98 Å². The van der Waals surface area contributed by atoms with Gasteiger partial charge >= 0.3 is 0 Å². The highest BCUT2D eigenvalue weighted by Crippen LogP contribution is 2.36. The summed E-state index contributed by atoms with van der Waals surface area (Å²) in [5.74, 6) is 0.265. The van der Waals surface area contributed by atoms with Crippen LogP contribution in [0.15, 0.2) is 42.6 Å². The van der Waals surface area contributed by atoms with E-state index < -0.39 is 5.82 Å². The van der Waals surface area contributed by atoms with Crippen molar-refractivity contribution < 1.29 is 18.7 Å². The predicted molar refractivity (Wildman–Crippen MR) is 89.7 cm³/mol. The second-order valence-electron chi connectivity index (χ2n) is 5.05. The minimum Gasteiger partial charge on any atom is -0.493 e. The Balaban J connectivity index is 2.14. The molecule has 0 fully saturated rings. The van der Waals surface area contributed by atoms with Crippen molar-refractivity contribution in [2.75, 3.05) is 14.2 Å².